The van der Waals surface area contributed by atoms with E-state index in [9.17, 15) is 4.79 Å². The second-order valence-electron chi connectivity index (χ2n) is 6.06. The molecule has 100 valence electrons. The van der Waals surface area contributed by atoms with E-state index in [4.69, 9.17) is 0 Å². The number of hydrogen-bond acceptors (Lipinski definition) is 1. The standard InChI is InChI=1S/C17H19BrO/c1-3-12-9-17(7-6-11(12)2)10-13-4-5-14(18)8-15(13)16(17)19/h4-5,8,12H,2-3,6-7,9-10H2,1H3/t12-,17?/m0/s1. The molecule has 2 aliphatic rings. The van der Waals surface area contributed by atoms with Crippen LogP contribution in [-0.2, 0) is 6.42 Å². The smallest absolute Gasteiger partial charge is 0.169 e. The van der Waals surface area contributed by atoms with Gasteiger partial charge in [0.25, 0.3) is 0 Å². The van der Waals surface area contributed by atoms with Gasteiger partial charge < -0.3 is 0 Å². The van der Waals surface area contributed by atoms with Crippen molar-refractivity contribution >= 4 is 21.7 Å². The fourth-order valence-corrected chi connectivity index (χ4v) is 4.13. The van der Waals surface area contributed by atoms with Crippen molar-refractivity contribution in [2.45, 2.75) is 39.0 Å². The van der Waals surface area contributed by atoms with Gasteiger partial charge in [-0.2, -0.15) is 0 Å². The summed E-state index contributed by atoms with van der Waals surface area (Å²) in [5.74, 6) is 0.894. The minimum absolute atomic E-state index is 0.134. The van der Waals surface area contributed by atoms with E-state index < -0.39 is 0 Å². The zero-order valence-electron chi connectivity index (χ0n) is 11.3. The molecule has 0 bridgehead atoms. The maximum atomic E-state index is 12.8. The van der Waals surface area contributed by atoms with Crippen LogP contribution in [0.2, 0.25) is 0 Å². The lowest BCUT2D eigenvalue weighted by molar-refractivity contribution is 0.0731. The van der Waals surface area contributed by atoms with E-state index in [1.54, 1.807) is 0 Å². The van der Waals surface area contributed by atoms with Gasteiger partial charge in [-0.15, -0.1) is 0 Å². The van der Waals surface area contributed by atoms with Gasteiger partial charge in [0.1, 0.15) is 0 Å². The fraction of sp³-hybridized carbons (Fsp3) is 0.471. The van der Waals surface area contributed by atoms with Crippen LogP contribution in [0, 0.1) is 11.3 Å². The van der Waals surface area contributed by atoms with Crippen LogP contribution in [0.5, 0.6) is 0 Å². The van der Waals surface area contributed by atoms with Crippen molar-refractivity contribution in [2.75, 3.05) is 0 Å². The molecule has 1 aromatic rings. The molecule has 1 aromatic carbocycles. The number of benzene rings is 1. The summed E-state index contributed by atoms with van der Waals surface area (Å²) >= 11 is 3.47. The van der Waals surface area contributed by atoms with Crippen LogP contribution in [0.4, 0.5) is 0 Å². The van der Waals surface area contributed by atoms with Crippen LogP contribution in [-0.4, -0.2) is 5.78 Å². The maximum absolute atomic E-state index is 12.8. The minimum atomic E-state index is -0.134. The molecule has 2 atom stereocenters. The molecule has 1 fully saturated rings. The number of rotatable bonds is 1. The van der Waals surface area contributed by atoms with Gasteiger partial charge in [0.05, 0.1) is 0 Å². The highest BCUT2D eigenvalue weighted by Gasteiger charge is 2.48. The Balaban J connectivity index is 1.96. The van der Waals surface area contributed by atoms with E-state index in [0.717, 1.165) is 42.1 Å². The topological polar surface area (TPSA) is 17.1 Å². The highest BCUT2D eigenvalue weighted by Crippen LogP contribution is 2.51. The monoisotopic (exact) mass is 318 g/mol. The minimum Gasteiger partial charge on any atom is -0.294 e. The number of fused-ring (bicyclic) bond motifs is 1. The molecule has 1 unspecified atom stereocenters. The highest BCUT2D eigenvalue weighted by atomic mass is 79.9. The Morgan fingerprint density at radius 1 is 1.47 bits per heavy atom. The molecular weight excluding hydrogens is 300 g/mol. The van der Waals surface area contributed by atoms with Crippen LogP contribution in [0.25, 0.3) is 0 Å². The van der Waals surface area contributed by atoms with Crippen LogP contribution in [0.15, 0.2) is 34.8 Å². The molecule has 1 nitrogen and oxygen atoms in total. The first-order valence-corrected chi connectivity index (χ1v) is 7.86. The van der Waals surface area contributed by atoms with Crippen molar-refractivity contribution in [1.29, 1.82) is 0 Å². The molecule has 0 amide bonds. The lowest BCUT2D eigenvalue weighted by Gasteiger charge is -2.37. The van der Waals surface area contributed by atoms with E-state index in [1.165, 1.54) is 11.1 Å². The Morgan fingerprint density at radius 2 is 2.26 bits per heavy atom. The summed E-state index contributed by atoms with van der Waals surface area (Å²) in [6, 6.07) is 6.15. The molecule has 2 heteroatoms. The summed E-state index contributed by atoms with van der Waals surface area (Å²) in [7, 11) is 0. The first-order valence-electron chi connectivity index (χ1n) is 7.06. The van der Waals surface area contributed by atoms with E-state index >= 15 is 0 Å². The first kappa shape index (κ1) is 13.1. The molecule has 0 radical (unpaired) electrons. The largest absolute Gasteiger partial charge is 0.294 e. The van der Waals surface area contributed by atoms with Crippen LogP contribution >= 0.6 is 15.9 Å². The zero-order valence-corrected chi connectivity index (χ0v) is 12.9. The van der Waals surface area contributed by atoms with Crippen LogP contribution in [0.3, 0.4) is 0 Å². The summed E-state index contributed by atoms with van der Waals surface area (Å²) in [4.78, 5) is 12.8. The van der Waals surface area contributed by atoms with E-state index in [2.05, 4.69) is 35.5 Å². The van der Waals surface area contributed by atoms with Gasteiger partial charge in [-0.3, -0.25) is 4.79 Å². The summed E-state index contributed by atoms with van der Waals surface area (Å²) in [6.07, 6.45) is 5.02. The zero-order chi connectivity index (χ0) is 13.6. The normalized spacial score (nSPS) is 29.9. The Bertz CT molecular complexity index is 560. The summed E-state index contributed by atoms with van der Waals surface area (Å²) < 4.78 is 1.00. The third kappa shape index (κ3) is 2.01. The van der Waals surface area contributed by atoms with Crippen LogP contribution < -0.4 is 0 Å². The number of hydrogen-bond donors (Lipinski definition) is 0. The molecule has 0 saturated heterocycles. The Kier molecular flexibility index (Phi) is 3.17. The van der Waals surface area contributed by atoms with Crippen molar-refractivity contribution in [2.24, 2.45) is 11.3 Å². The van der Waals surface area contributed by atoms with Gasteiger partial charge in [-0.1, -0.05) is 41.1 Å². The number of carbonyl (C=O) groups is 1. The molecule has 3 rings (SSSR count). The van der Waals surface area contributed by atoms with Gasteiger partial charge in [0, 0.05) is 15.5 Å². The van der Waals surface area contributed by atoms with Gasteiger partial charge >= 0.3 is 0 Å². The van der Waals surface area contributed by atoms with E-state index in [1.807, 2.05) is 12.1 Å². The van der Waals surface area contributed by atoms with Gasteiger partial charge in [0.2, 0.25) is 0 Å². The van der Waals surface area contributed by atoms with Crippen molar-refractivity contribution < 1.29 is 4.79 Å². The third-order valence-corrected chi connectivity index (χ3v) is 5.45. The van der Waals surface area contributed by atoms with Crippen molar-refractivity contribution in [3.8, 4) is 0 Å². The average molecular weight is 319 g/mol. The Morgan fingerprint density at radius 3 is 3.00 bits per heavy atom. The number of allylic oxidation sites excluding steroid dienone is 1. The number of carbonyl (C=O) groups excluding carboxylic acids is 1. The number of halogens is 1. The average Bonchev–Trinajstić information content (AvgIpc) is 2.67. The quantitative estimate of drug-likeness (QED) is 0.670. The first-order chi connectivity index (χ1) is 9.05. The van der Waals surface area contributed by atoms with Gasteiger partial charge in [0.15, 0.2) is 5.78 Å². The molecular formula is C17H19BrO. The third-order valence-electron chi connectivity index (χ3n) is 4.96. The molecule has 0 aromatic heterocycles. The second-order valence-corrected chi connectivity index (χ2v) is 6.97. The SMILES string of the molecule is C=C1CCC2(Cc3ccc(Br)cc3C2=O)C[C@@H]1CC. The van der Waals surface area contributed by atoms with Gasteiger partial charge in [-0.05, 0) is 55.7 Å². The lowest BCUT2D eigenvalue weighted by Crippen LogP contribution is -2.35. The van der Waals surface area contributed by atoms with E-state index in [-0.39, 0.29) is 5.41 Å². The lowest BCUT2D eigenvalue weighted by atomic mass is 9.65. The molecule has 1 spiro atoms. The van der Waals surface area contributed by atoms with Crippen molar-refractivity contribution in [3.63, 3.8) is 0 Å². The molecule has 1 saturated carbocycles. The Labute approximate surface area is 123 Å². The van der Waals surface area contributed by atoms with Crippen molar-refractivity contribution in [3.05, 3.63) is 46.0 Å². The van der Waals surface area contributed by atoms with E-state index in [0.29, 0.717) is 11.7 Å². The second kappa shape index (κ2) is 4.59. The summed E-state index contributed by atoms with van der Waals surface area (Å²) in [5, 5.41) is 0. The molecule has 0 N–H and O–H groups in total. The van der Waals surface area contributed by atoms with Crippen LogP contribution in [0.1, 0.15) is 48.5 Å². The molecule has 2 aliphatic carbocycles. The molecule has 19 heavy (non-hydrogen) atoms. The molecule has 0 heterocycles. The predicted octanol–water partition coefficient (Wildman–Crippen LogP) is 4.94. The summed E-state index contributed by atoms with van der Waals surface area (Å²) in [6.45, 7) is 6.40. The maximum Gasteiger partial charge on any atom is 0.169 e. The summed E-state index contributed by atoms with van der Waals surface area (Å²) in [5.41, 5.74) is 3.38. The highest BCUT2D eigenvalue weighted by molar-refractivity contribution is 9.10. The Hall–Kier alpha value is -0.890. The predicted molar refractivity (Wildman–Crippen MR) is 81.4 cm³/mol. The fourth-order valence-electron chi connectivity index (χ4n) is 3.77. The number of ketones is 1. The number of Topliss-reactive ketones (excluding diaryl/α,β-unsaturated/α-hetero) is 1. The van der Waals surface area contributed by atoms with Gasteiger partial charge in [-0.25, -0.2) is 0 Å². The van der Waals surface area contributed by atoms with Crippen molar-refractivity contribution in [1.82, 2.24) is 0 Å². The molecule has 0 aliphatic heterocycles.